The number of rotatable bonds is 7. The van der Waals surface area contributed by atoms with E-state index in [0.29, 0.717) is 18.3 Å². The maximum absolute atomic E-state index is 5.60. The molecule has 0 atom stereocenters. The van der Waals surface area contributed by atoms with Crippen LogP contribution in [0.25, 0.3) is 0 Å². The Morgan fingerprint density at radius 1 is 1.10 bits per heavy atom. The van der Waals surface area contributed by atoms with Gasteiger partial charge in [-0.15, -0.1) is 0 Å². The highest BCUT2D eigenvalue weighted by Crippen LogP contribution is 2.09. The van der Waals surface area contributed by atoms with Crippen LogP contribution in [0.15, 0.2) is 42.7 Å². The van der Waals surface area contributed by atoms with Gasteiger partial charge in [0.2, 0.25) is 0 Å². The van der Waals surface area contributed by atoms with Crippen LogP contribution in [0.2, 0.25) is 0 Å². The first-order valence-corrected chi connectivity index (χ1v) is 6.92. The van der Waals surface area contributed by atoms with E-state index in [1.54, 1.807) is 0 Å². The zero-order valence-corrected chi connectivity index (χ0v) is 12.0. The molecule has 0 saturated carbocycles. The van der Waals surface area contributed by atoms with Crippen molar-refractivity contribution in [2.75, 3.05) is 6.54 Å². The Balaban J connectivity index is 1.79. The van der Waals surface area contributed by atoms with Crippen molar-refractivity contribution in [2.45, 2.75) is 27.0 Å². The smallest absolute Gasteiger partial charge is 0.166 e. The number of ether oxygens (including phenoxy) is 1. The van der Waals surface area contributed by atoms with Gasteiger partial charge in [0.15, 0.2) is 5.82 Å². The molecule has 0 spiro atoms. The first kappa shape index (κ1) is 14.5. The molecule has 0 aliphatic heterocycles. The first-order valence-electron chi connectivity index (χ1n) is 6.92. The maximum Gasteiger partial charge on any atom is 0.166 e. The molecule has 4 nitrogen and oxygen atoms in total. The fraction of sp³-hybridized carbons (Fsp3) is 0.375. The number of hydrogen-bond donors (Lipinski definition) is 1. The Bertz CT molecular complexity index is 497. The van der Waals surface area contributed by atoms with Crippen molar-refractivity contribution in [3.8, 4) is 5.75 Å². The van der Waals surface area contributed by atoms with Crippen molar-refractivity contribution in [1.29, 1.82) is 0 Å². The van der Waals surface area contributed by atoms with E-state index >= 15 is 0 Å². The standard InChI is InChI=1S/C16H21N3O/c1-13(2)8-17-9-14-10-18-16(19-11-14)12-20-15-6-4-3-5-7-15/h3-7,10-11,13,17H,8-9,12H2,1-2H3. The largest absolute Gasteiger partial charge is 0.486 e. The molecule has 0 fully saturated rings. The molecule has 0 radical (unpaired) electrons. The van der Waals surface area contributed by atoms with Crippen molar-refractivity contribution in [3.05, 3.63) is 54.1 Å². The van der Waals surface area contributed by atoms with Crippen LogP contribution in [0.1, 0.15) is 25.2 Å². The van der Waals surface area contributed by atoms with Crippen LogP contribution >= 0.6 is 0 Å². The van der Waals surface area contributed by atoms with E-state index in [2.05, 4.69) is 29.1 Å². The summed E-state index contributed by atoms with van der Waals surface area (Å²) in [5.74, 6) is 2.18. The normalized spacial score (nSPS) is 10.8. The van der Waals surface area contributed by atoms with Crippen LogP contribution in [0.3, 0.4) is 0 Å². The molecule has 0 aliphatic rings. The molecule has 2 rings (SSSR count). The zero-order valence-electron chi connectivity index (χ0n) is 12.0. The average molecular weight is 271 g/mol. The predicted molar refractivity (Wildman–Crippen MR) is 79.4 cm³/mol. The van der Waals surface area contributed by atoms with E-state index in [0.717, 1.165) is 24.4 Å². The van der Waals surface area contributed by atoms with E-state index in [1.807, 2.05) is 42.7 Å². The summed E-state index contributed by atoms with van der Waals surface area (Å²) < 4.78 is 5.60. The predicted octanol–water partition coefficient (Wildman–Crippen LogP) is 2.80. The minimum Gasteiger partial charge on any atom is -0.486 e. The highest BCUT2D eigenvalue weighted by Gasteiger charge is 2.00. The molecule has 4 heteroatoms. The van der Waals surface area contributed by atoms with Gasteiger partial charge in [-0.2, -0.15) is 0 Å². The van der Waals surface area contributed by atoms with Gasteiger partial charge in [0, 0.05) is 24.5 Å². The Labute approximate surface area is 120 Å². The third-order valence-electron chi connectivity index (χ3n) is 2.75. The third-order valence-corrected chi connectivity index (χ3v) is 2.75. The summed E-state index contributed by atoms with van der Waals surface area (Å²) in [6, 6.07) is 9.69. The lowest BCUT2D eigenvalue weighted by Gasteiger charge is -2.08. The average Bonchev–Trinajstić information content (AvgIpc) is 2.47. The molecule has 0 saturated heterocycles. The van der Waals surface area contributed by atoms with Gasteiger partial charge in [0.1, 0.15) is 12.4 Å². The van der Waals surface area contributed by atoms with Crippen LogP contribution in [0.4, 0.5) is 0 Å². The number of para-hydroxylation sites is 1. The lowest BCUT2D eigenvalue weighted by atomic mass is 10.2. The topological polar surface area (TPSA) is 47.0 Å². The molecule has 20 heavy (non-hydrogen) atoms. The Morgan fingerprint density at radius 2 is 1.80 bits per heavy atom. The monoisotopic (exact) mass is 271 g/mol. The van der Waals surface area contributed by atoms with Gasteiger partial charge in [-0.1, -0.05) is 32.0 Å². The lowest BCUT2D eigenvalue weighted by Crippen LogP contribution is -2.19. The van der Waals surface area contributed by atoms with Gasteiger partial charge in [-0.05, 0) is 24.6 Å². The highest BCUT2D eigenvalue weighted by molar-refractivity contribution is 5.21. The van der Waals surface area contributed by atoms with E-state index in [9.17, 15) is 0 Å². The molecular formula is C16H21N3O. The summed E-state index contributed by atoms with van der Waals surface area (Å²) in [6.45, 7) is 6.57. The molecule has 106 valence electrons. The molecule has 1 N–H and O–H groups in total. The second-order valence-electron chi connectivity index (χ2n) is 5.13. The summed E-state index contributed by atoms with van der Waals surface area (Å²) in [7, 11) is 0. The quantitative estimate of drug-likeness (QED) is 0.841. The summed E-state index contributed by atoms with van der Waals surface area (Å²) in [5.41, 5.74) is 1.09. The molecule has 0 unspecified atom stereocenters. The van der Waals surface area contributed by atoms with Crippen LogP contribution in [-0.2, 0) is 13.2 Å². The summed E-state index contributed by atoms with van der Waals surface area (Å²) in [4.78, 5) is 8.63. The van der Waals surface area contributed by atoms with Crippen molar-refractivity contribution < 1.29 is 4.74 Å². The number of nitrogens with one attached hydrogen (secondary N) is 1. The summed E-state index contributed by atoms with van der Waals surface area (Å²) in [6.07, 6.45) is 3.70. The lowest BCUT2D eigenvalue weighted by molar-refractivity contribution is 0.295. The molecule has 1 heterocycles. The van der Waals surface area contributed by atoms with E-state index in [1.165, 1.54) is 0 Å². The van der Waals surface area contributed by atoms with E-state index in [4.69, 9.17) is 4.74 Å². The molecule has 0 bridgehead atoms. The number of nitrogens with zero attached hydrogens (tertiary/aromatic N) is 2. The third kappa shape index (κ3) is 4.97. The maximum atomic E-state index is 5.60. The van der Waals surface area contributed by atoms with Gasteiger partial charge in [-0.25, -0.2) is 9.97 Å². The SMILES string of the molecule is CC(C)CNCc1cnc(COc2ccccc2)nc1. The van der Waals surface area contributed by atoms with Gasteiger partial charge in [0.25, 0.3) is 0 Å². The molecular weight excluding hydrogens is 250 g/mol. The number of benzene rings is 1. The summed E-state index contributed by atoms with van der Waals surface area (Å²) in [5, 5.41) is 3.37. The molecule has 2 aromatic rings. The van der Waals surface area contributed by atoms with Gasteiger partial charge in [-0.3, -0.25) is 0 Å². The van der Waals surface area contributed by atoms with Gasteiger partial charge < -0.3 is 10.1 Å². The van der Waals surface area contributed by atoms with Crippen LogP contribution in [-0.4, -0.2) is 16.5 Å². The Hall–Kier alpha value is -1.94. The van der Waals surface area contributed by atoms with E-state index in [-0.39, 0.29) is 0 Å². The highest BCUT2D eigenvalue weighted by atomic mass is 16.5. The second-order valence-corrected chi connectivity index (χ2v) is 5.13. The number of aromatic nitrogens is 2. The van der Waals surface area contributed by atoms with E-state index < -0.39 is 0 Å². The van der Waals surface area contributed by atoms with Gasteiger partial charge >= 0.3 is 0 Å². The fourth-order valence-electron chi connectivity index (χ4n) is 1.72. The minimum absolute atomic E-state index is 0.393. The molecule has 1 aromatic carbocycles. The number of hydrogen-bond acceptors (Lipinski definition) is 4. The van der Waals surface area contributed by atoms with Crippen LogP contribution in [0, 0.1) is 5.92 Å². The van der Waals surface area contributed by atoms with Crippen molar-refractivity contribution >= 4 is 0 Å². The van der Waals surface area contributed by atoms with Crippen molar-refractivity contribution in [3.63, 3.8) is 0 Å². The van der Waals surface area contributed by atoms with Crippen LogP contribution < -0.4 is 10.1 Å². The minimum atomic E-state index is 0.393. The van der Waals surface area contributed by atoms with Crippen molar-refractivity contribution in [1.82, 2.24) is 15.3 Å². The molecule has 0 amide bonds. The second kappa shape index (κ2) is 7.60. The van der Waals surface area contributed by atoms with Gasteiger partial charge in [0.05, 0.1) is 0 Å². The molecule has 0 aliphatic carbocycles. The fourth-order valence-corrected chi connectivity index (χ4v) is 1.72. The van der Waals surface area contributed by atoms with Crippen molar-refractivity contribution in [2.24, 2.45) is 5.92 Å². The zero-order chi connectivity index (χ0) is 14.2. The van der Waals surface area contributed by atoms with Crippen LogP contribution in [0.5, 0.6) is 5.75 Å². The Kier molecular flexibility index (Phi) is 5.50. The summed E-state index contributed by atoms with van der Waals surface area (Å²) >= 11 is 0. The Morgan fingerprint density at radius 3 is 2.45 bits per heavy atom. The first-order chi connectivity index (χ1) is 9.74. The molecule has 1 aromatic heterocycles.